The van der Waals surface area contributed by atoms with E-state index in [9.17, 15) is 4.39 Å². The number of nitrogens with two attached hydrogens (primary N) is 1. The number of rotatable bonds is 3. The molecule has 2 rings (SSSR count). The van der Waals surface area contributed by atoms with Gasteiger partial charge in [0.05, 0.1) is 11.6 Å². The van der Waals surface area contributed by atoms with Crippen molar-refractivity contribution < 1.29 is 9.13 Å². The molecule has 94 valence electrons. The van der Waals surface area contributed by atoms with Crippen molar-refractivity contribution in [3.63, 3.8) is 0 Å². The number of halogens is 1. The van der Waals surface area contributed by atoms with Crippen molar-refractivity contribution in [1.82, 2.24) is 5.43 Å². The minimum Gasteiger partial charge on any atom is -0.373 e. The van der Waals surface area contributed by atoms with Gasteiger partial charge < -0.3 is 4.74 Å². The molecule has 1 fully saturated rings. The summed E-state index contributed by atoms with van der Waals surface area (Å²) < 4.78 is 18.9. The van der Waals surface area contributed by atoms with Gasteiger partial charge in [-0.3, -0.25) is 11.3 Å². The number of aryl methyl sites for hydroxylation is 1. The molecular weight excluding hydrogens is 219 g/mol. The molecule has 0 radical (unpaired) electrons. The van der Waals surface area contributed by atoms with Crippen molar-refractivity contribution in [1.29, 1.82) is 0 Å². The van der Waals surface area contributed by atoms with Gasteiger partial charge in [0.1, 0.15) is 5.82 Å². The molecule has 0 saturated carbocycles. The lowest BCUT2D eigenvalue weighted by atomic mass is 9.86. The topological polar surface area (TPSA) is 47.3 Å². The average molecular weight is 238 g/mol. The second-order valence-electron chi connectivity index (χ2n) is 4.87. The van der Waals surface area contributed by atoms with Gasteiger partial charge in [0, 0.05) is 6.61 Å². The van der Waals surface area contributed by atoms with Crippen LogP contribution in [0.25, 0.3) is 0 Å². The molecule has 0 amide bonds. The maximum atomic E-state index is 13.1. The summed E-state index contributed by atoms with van der Waals surface area (Å²) in [5.74, 6) is 5.43. The van der Waals surface area contributed by atoms with Crippen molar-refractivity contribution in [2.24, 2.45) is 5.84 Å². The number of benzene rings is 1. The molecule has 3 N–H and O–H groups in total. The van der Waals surface area contributed by atoms with Crippen LogP contribution in [0.1, 0.15) is 36.9 Å². The summed E-state index contributed by atoms with van der Waals surface area (Å²) in [6.07, 6.45) is 1.99. The molecule has 0 aromatic heterocycles. The van der Waals surface area contributed by atoms with Gasteiger partial charge in [-0.2, -0.15) is 0 Å². The second-order valence-corrected chi connectivity index (χ2v) is 4.87. The Morgan fingerprint density at radius 2 is 2.29 bits per heavy atom. The fraction of sp³-hybridized carbons (Fsp3) is 0.538. The van der Waals surface area contributed by atoms with Crippen LogP contribution >= 0.6 is 0 Å². The highest BCUT2D eigenvalue weighted by atomic mass is 19.1. The molecule has 3 nitrogen and oxygen atoms in total. The Hall–Kier alpha value is -0.970. The van der Waals surface area contributed by atoms with Gasteiger partial charge in [-0.1, -0.05) is 6.07 Å². The highest BCUT2D eigenvalue weighted by Gasteiger charge is 2.39. The highest BCUT2D eigenvalue weighted by Crippen LogP contribution is 2.38. The molecule has 1 aliphatic heterocycles. The van der Waals surface area contributed by atoms with Crippen molar-refractivity contribution in [2.45, 2.75) is 38.3 Å². The molecule has 1 heterocycles. The summed E-state index contributed by atoms with van der Waals surface area (Å²) in [6, 6.07) is 4.66. The lowest BCUT2D eigenvalue weighted by molar-refractivity contribution is -0.0127. The van der Waals surface area contributed by atoms with Crippen molar-refractivity contribution >= 4 is 0 Å². The maximum absolute atomic E-state index is 13.1. The first-order valence-corrected chi connectivity index (χ1v) is 5.93. The van der Waals surface area contributed by atoms with E-state index >= 15 is 0 Å². The van der Waals surface area contributed by atoms with Crippen molar-refractivity contribution in [3.05, 3.63) is 35.1 Å². The highest BCUT2D eigenvalue weighted by molar-refractivity contribution is 5.31. The third kappa shape index (κ3) is 2.34. The van der Waals surface area contributed by atoms with Crippen LogP contribution < -0.4 is 11.3 Å². The Labute approximate surface area is 101 Å². The minimum absolute atomic E-state index is 0.106. The molecule has 17 heavy (non-hydrogen) atoms. The van der Waals surface area contributed by atoms with Gasteiger partial charge in [-0.05, 0) is 49.9 Å². The SMILES string of the molecule is Cc1cc(F)ccc1C(NN)C1(C)CCCO1. The molecule has 0 aliphatic carbocycles. The number of hydrazine groups is 1. The first kappa shape index (κ1) is 12.5. The maximum Gasteiger partial charge on any atom is 0.123 e. The van der Waals surface area contributed by atoms with Crippen LogP contribution in [-0.4, -0.2) is 12.2 Å². The number of ether oxygens (including phenoxy) is 1. The molecule has 0 spiro atoms. The van der Waals surface area contributed by atoms with Crippen molar-refractivity contribution in [3.8, 4) is 0 Å². The van der Waals surface area contributed by atoms with Crippen LogP contribution in [0, 0.1) is 12.7 Å². The number of nitrogens with one attached hydrogen (secondary N) is 1. The van der Waals surface area contributed by atoms with Crippen molar-refractivity contribution in [2.75, 3.05) is 6.61 Å². The Bertz CT molecular complexity index is 402. The average Bonchev–Trinajstić information content (AvgIpc) is 2.70. The van der Waals surface area contributed by atoms with E-state index in [0.29, 0.717) is 0 Å². The van der Waals surface area contributed by atoms with Gasteiger partial charge in [0.15, 0.2) is 0 Å². The fourth-order valence-electron chi connectivity index (χ4n) is 2.59. The van der Waals surface area contributed by atoms with E-state index in [1.807, 2.05) is 13.8 Å². The molecule has 1 aromatic carbocycles. The summed E-state index contributed by atoms with van der Waals surface area (Å²) in [6.45, 7) is 4.70. The quantitative estimate of drug-likeness (QED) is 0.627. The van der Waals surface area contributed by atoms with E-state index in [1.165, 1.54) is 12.1 Å². The molecule has 1 aliphatic rings. The first-order chi connectivity index (χ1) is 8.07. The Morgan fingerprint density at radius 3 is 2.82 bits per heavy atom. The van der Waals surface area contributed by atoms with Gasteiger partial charge in [0.2, 0.25) is 0 Å². The lowest BCUT2D eigenvalue weighted by Crippen LogP contribution is -2.44. The Balaban J connectivity index is 2.34. The van der Waals surface area contributed by atoms with E-state index in [-0.39, 0.29) is 17.5 Å². The van der Waals surface area contributed by atoms with Gasteiger partial charge in [-0.25, -0.2) is 4.39 Å². The van der Waals surface area contributed by atoms with Crippen LogP contribution in [0.15, 0.2) is 18.2 Å². The summed E-state index contributed by atoms with van der Waals surface area (Å²) in [5.41, 5.74) is 4.40. The molecule has 2 atom stereocenters. The van der Waals surface area contributed by atoms with E-state index < -0.39 is 0 Å². The van der Waals surface area contributed by atoms with Crippen LogP contribution in [0.4, 0.5) is 4.39 Å². The van der Waals surface area contributed by atoms with E-state index in [4.69, 9.17) is 10.6 Å². The third-order valence-corrected chi connectivity index (χ3v) is 3.57. The molecule has 2 unspecified atom stereocenters. The monoisotopic (exact) mass is 238 g/mol. The normalized spacial score (nSPS) is 26.1. The van der Waals surface area contributed by atoms with E-state index in [0.717, 1.165) is 30.6 Å². The molecule has 1 saturated heterocycles. The summed E-state index contributed by atoms with van der Waals surface area (Å²) >= 11 is 0. The largest absolute Gasteiger partial charge is 0.373 e. The number of hydrogen-bond acceptors (Lipinski definition) is 3. The molecule has 1 aromatic rings. The summed E-state index contributed by atoms with van der Waals surface area (Å²) in [4.78, 5) is 0. The van der Waals surface area contributed by atoms with Gasteiger partial charge in [0.25, 0.3) is 0 Å². The molecule has 4 heteroatoms. The summed E-state index contributed by atoms with van der Waals surface area (Å²) in [5, 5.41) is 0. The van der Waals surface area contributed by atoms with Crippen LogP contribution in [-0.2, 0) is 4.74 Å². The number of hydrogen-bond donors (Lipinski definition) is 2. The van der Waals surface area contributed by atoms with Crippen LogP contribution in [0.2, 0.25) is 0 Å². The van der Waals surface area contributed by atoms with Gasteiger partial charge in [-0.15, -0.1) is 0 Å². The Kier molecular flexibility index (Phi) is 3.47. The standard InChI is InChI=1S/C13H19FN2O/c1-9-8-10(14)4-5-11(9)12(16-15)13(2)6-3-7-17-13/h4-5,8,12,16H,3,6-7,15H2,1-2H3. The predicted octanol–water partition coefficient (Wildman–Crippen LogP) is 2.21. The smallest absolute Gasteiger partial charge is 0.123 e. The summed E-state index contributed by atoms with van der Waals surface area (Å²) in [7, 11) is 0. The zero-order chi connectivity index (χ0) is 12.5. The lowest BCUT2D eigenvalue weighted by Gasteiger charge is -2.34. The molecular formula is C13H19FN2O. The third-order valence-electron chi connectivity index (χ3n) is 3.57. The Morgan fingerprint density at radius 1 is 1.53 bits per heavy atom. The molecule has 0 bridgehead atoms. The van der Waals surface area contributed by atoms with E-state index in [2.05, 4.69) is 5.43 Å². The van der Waals surface area contributed by atoms with Crippen LogP contribution in [0.3, 0.4) is 0 Å². The zero-order valence-electron chi connectivity index (χ0n) is 10.3. The first-order valence-electron chi connectivity index (χ1n) is 5.93. The van der Waals surface area contributed by atoms with Gasteiger partial charge >= 0.3 is 0 Å². The second kappa shape index (κ2) is 4.72. The predicted molar refractivity (Wildman–Crippen MR) is 64.8 cm³/mol. The van der Waals surface area contributed by atoms with E-state index in [1.54, 1.807) is 6.07 Å². The van der Waals surface area contributed by atoms with Crippen LogP contribution in [0.5, 0.6) is 0 Å². The fourth-order valence-corrected chi connectivity index (χ4v) is 2.59. The minimum atomic E-state index is -0.308. The zero-order valence-corrected chi connectivity index (χ0v) is 10.3.